The Balaban J connectivity index is 1.35. The number of hydrogen-bond donors (Lipinski definition) is 1. The first-order chi connectivity index (χ1) is 17.1. The van der Waals surface area contributed by atoms with Crippen LogP contribution in [0.3, 0.4) is 0 Å². The fraction of sp³-hybridized carbons (Fsp3) is 0.320. The minimum Gasteiger partial charge on any atom is -0.479 e. The molecule has 4 heterocycles. The van der Waals surface area contributed by atoms with Gasteiger partial charge >= 0.3 is 0 Å². The summed E-state index contributed by atoms with van der Waals surface area (Å²) < 4.78 is 16.5. The standard InChI is InChI=1S/C25H26N6O4/c1-16-22(23(30-35-16)17-8-4-3-5-9-17)24(32)27-20-12-11-19(28-25(20)33-2)21-14-26-31(29-21)15-18-10-6-7-13-34-18/h3-5,8-9,11-12,14,18H,6-7,10,13,15H2,1-2H3,(H,27,32). The minimum atomic E-state index is -0.367. The first kappa shape index (κ1) is 22.7. The van der Waals surface area contributed by atoms with Crippen LogP contribution in [0.25, 0.3) is 22.6 Å². The lowest BCUT2D eigenvalue weighted by Gasteiger charge is -2.21. The van der Waals surface area contributed by atoms with Crippen LogP contribution in [0.1, 0.15) is 35.4 Å². The van der Waals surface area contributed by atoms with Gasteiger partial charge in [-0.2, -0.15) is 15.0 Å². The Labute approximate surface area is 202 Å². The molecule has 0 saturated carbocycles. The van der Waals surface area contributed by atoms with Gasteiger partial charge in [0, 0.05) is 12.2 Å². The van der Waals surface area contributed by atoms with Gasteiger partial charge in [0.1, 0.15) is 28.4 Å². The van der Waals surface area contributed by atoms with E-state index in [4.69, 9.17) is 14.0 Å². The molecule has 1 aliphatic heterocycles. The summed E-state index contributed by atoms with van der Waals surface area (Å²) in [7, 11) is 1.50. The van der Waals surface area contributed by atoms with Crippen LogP contribution in [-0.4, -0.2) is 50.9 Å². The van der Waals surface area contributed by atoms with Gasteiger partial charge in [-0.1, -0.05) is 35.5 Å². The number of ether oxygens (including phenoxy) is 2. The molecule has 1 amide bonds. The SMILES string of the molecule is COc1nc(-c2cnn(CC3CCCCO3)n2)ccc1NC(=O)c1c(-c2ccccc2)noc1C. The second kappa shape index (κ2) is 10.1. The van der Waals surface area contributed by atoms with Gasteiger partial charge in [-0.15, -0.1) is 0 Å². The smallest absolute Gasteiger partial charge is 0.261 e. The van der Waals surface area contributed by atoms with Crippen molar-refractivity contribution in [1.82, 2.24) is 25.1 Å². The molecule has 5 rings (SSSR count). The van der Waals surface area contributed by atoms with Crippen LogP contribution in [0, 0.1) is 6.92 Å². The van der Waals surface area contributed by atoms with Gasteiger partial charge in [-0.25, -0.2) is 4.98 Å². The fourth-order valence-corrected chi connectivity index (χ4v) is 4.09. The van der Waals surface area contributed by atoms with Crippen LogP contribution >= 0.6 is 0 Å². The van der Waals surface area contributed by atoms with Gasteiger partial charge in [0.05, 0.1) is 31.6 Å². The third-order valence-corrected chi connectivity index (χ3v) is 5.88. The average Bonchev–Trinajstić information content (AvgIpc) is 3.52. The number of carbonyl (C=O) groups excluding carboxylic acids is 1. The molecule has 180 valence electrons. The highest BCUT2D eigenvalue weighted by molar-refractivity contribution is 6.09. The van der Waals surface area contributed by atoms with E-state index >= 15 is 0 Å². The van der Waals surface area contributed by atoms with Gasteiger partial charge in [0.2, 0.25) is 5.88 Å². The number of aromatic nitrogens is 5. The minimum absolute atomic E-state index is 0.130. The Kier molecular flexibility index (Phi) is 6.53. The normalized spacial score (nSPS) is 15.7. The molecule has 0 bridgehead atoms. The van der Waals surface area contributed by atoms with Crippen LogP contribution in [-0.2, 0) is 11.3 Å². The van der Waals surface area contributed by atoms with E-state index in [0.29, 0.717) is 40.6 Å². The maximum absolute atomic E-state index is 13.2. The number of anilines is 1. The molecule has 35 heavy (non-hydrogen) atoms. The van der Waals surface area contributed by atoms with E-state index in [2.05, 4.69) is 25.7 Å². The average molecular weight is 475 g/mol. The summed E-state index contributed by atoms with van der Waals surface area (Å²) in [6, 6.07) is 12.9. The number of methoxy groups -OCH3 is 1. The first-order valence-electron chi connectivity index (χ1n) is 11.5. The largest absolute Gasteiger partial charge is 0.479 e. The molecule has 1 unspecified atom stereocenters. The number of amides is 1. The van der Waals surface area contributed by atoms with Crippen molar-refractivity contribution < 1.29 is 18.8 Å². The molecular weight excluding hydrogens is 448 g/mol. The number of hydrogen-bond acceptors (Lipinski definition) is 8. The summed E-state index contributed by atoms with van der Waals surface area (Å²) in [5.41, 5.74) is 3.23. The van der Waals surface area contributed by atoms with Crippen LogP contribution in [0.4, 0.5) is 5.69 Å². The highest BCUT2D eigenvalue weighted by atomic mass is 16.5. The Morgan fingerprint density at radius 3 is 2.80 bits per heavy atom. The molecule has 0 aliphatic carbocycles. The van der Waals surface area contributed by atoms with Gasteiger partial charge in [-0.3, -0.25) is 4.79 Å². The topological polar surface area (TPSA) is 117 Å². The highest BCUT2D eigenvalue weighted by Gasteiger charge is 2.23. The molecule has 1 N–H and O–H groups in total. The Morgan fingerprint density at radius 1 is 1.17 bits per heavy atom. The van der Waals surface area contributed by atoms with Gasteiger partial charge in [0.25, 0.3) is 5.91 Å². The van der Waals surface area contributed by atoms with Crippen molar-refractivity contribution in [2.75, 3.05) is 19.0 Å². The molecule has 0 radical (unpaired) electrons. The monoisotopic (exact) mass is 474 g/mol. The van der Waals surface area contributed by atoms with Crippen molar-refractivity contribution in [2.45, 2.75) is 38.8 Å². The first-order valence-corrected chi connectivity index (χ1v) is 11.5. The van der Waals surface area contributed by atoms with Gasteiger partial charge in [0.15, 0.2) is 0 Å². The van der Waals surface area contributed by atoms with Crippen molar-refractivity contribution in [3.8, 4) is 28.5 Å². The number of nitrogens with zero attached hydrogens (tertiary/aromatic N) is 5. The van der Waals surface area contributed by atoms with E-state index in [9.17, 15) is 4.79 Å². The quantitative estimate of drug-likeness (QED) is 0.425. The lowest BCUT2D eigenvalue weighted by atomic mass is 10.1. The zero-order valence-corrected chi connectivity index (χ0v) is 19.6. The number of carbonyl (C=O) groups is 1. The van der Waals surface area contributed by atoms with Crippen molar-refractivity contribution in [3.05, 3.63) is 60.0 Å². The maximum atomic E-state index is 13.2. The van der Waals surface area contributed by atoms with E-state index in [1.807, 2.05) is 30.3 Å². The van der Waals surface area contributed by atoms with Crippen molar-refractivity contribution in [1.29, 1.82) is 0 Å². The van der Waals surface area contributed by atoms with Gasteiger partial charge in [-0.05, 0) is 38.3 Å². The van der Waals surface area contributed by atoms with E-state index < -0.39 is 0 Å². The van der Waals surface area contributed by atoms with Crippen LogP contribution in [0.15, 0.2) is 53.2 Å². The van der Waals surface area contributed by atoms with Crippen molar-refractivity contribution >= 4 is 11.6 Å². The summed E-state index contributed by atoms with van der Waals surface area (Å²) in [6.45, 7) is 3.09. The molecule has 1 saturated heterocycles. The van der Waals surface area contributed by atoms with Crippen LogP contribution < -0.4 is 10.1 Å². The van der Waals surface area contributed by atoms with Crippen molar-refractivity contribution in [3.63, 3.8) is 0 Å². The number of aryl methyl sites for hydroxylation is 1. The molecule has 4 aromatic rings. The van der Waals surface area contributed by atoms with E-state index in [0.717, 1.165) is 31.4 Å². The van der Waals surface area contributed by atoms with Gasteiger partial charge < -0.3 is 19.3 Å². The third-order valence-electron chi connectivity index (χ3n) is 5.88. The molecule has 10 heteroatoms. The predicted octanol–water partition coefficient (Wildman–Crippen LogP) is 4.13. The zero-order valence-electron chi connectivity index (χ0n) is 19.6. The van der Waals surface area contributed by atoms with E-state index in [1.165, 1.54) is 7.11 Å². The molecule has 10 nitrogen and oxygen atoms in total. The molecular formula is C25H26N6O4. The molecule has 3 aromatic heterocycles. The number of nitrogens with one attached hydrogen (secondary N) is 1. The van der Waals surface area contributed by atoms with E-state index in [-0.39, 0.29) is 17.9 Å². The number of pyridine rings is 1. The number of rotatable bonds is 7. The van der Waals surface area contributed by atoms with Crippen molar-refractivity contribution in [2.24, 2.45) is 0 Å². The lowest BCUT2D eigenvalue weighted by molar-refractivity contribution is 0.00161. The number of benzene rings is 1. The Hall–Kier alpha value is -4.05. The molecule has 1 fully saturated rings. The molecule has 0 spiro atoms. The summed E-state index contributed by atoms with van der Waals surface area (Å²) in [5, 5.41) is 15.8. The van der Waals surface area contributed by atoms with E-state index in [1.54, 1.807) is 30.0 Å². The fourth-order valence-electron chi connectivity index (χ4n) is 4.09. The lowest BCUT2D eigenvalue weighted by Crippen LogP contribution is -2.25. The predicted molar refractivity (Wildman–Crippen MR) is 128 cm³/mol. The highest BCUT2D eigenvalue weighted by Crippen LogP contribution is 2.29. The Morgan fingerprint density at radius 2 is 2.03 bits per heavy atom. The van der Waals surface area contributed by atoms with Crippen LogP contribution in [0.2, 0.25) is 0 Å². The molecule has 1 aliphatic rings. The second-order valence-corrected chi connectivity index (χ2v) is 8.31. The molecule has 1 atom stereocenters. The molecule has 1 aromatic carbocycles. The van der Waals surface area contributed by atoms with Crippen LogP contribution in [0.5, 0.6) is 5.88 Å². The summed E-state index contributed by atoms with van der Waals surface area (Å²) in [5.74, 6) is 0.314. The summed E-state index contributed by atoms with van der Waals surface area (Å²) in [4.78, 5) is 19.3. The Bertz CT molecular complexity index is 1310. The summed E-state index contributed by atoms with van der Waals surface area (Å²) in [6.07, 6.45) is 5.06. The summed E-state index contributed by atoms with van der Waals surface area (Å²) >= 11 is 0. The maximum Gasteiger partial charge on any atom is 0.261 e. The third kappa shape index (κ3) is 4.92. The second-order valence-electron chi connectivity index (χ2n) is 8.31. The zero-order chi connectivity index (χ0) is 24.2.